The van der Waals surface area contributed by atoms with Gasteiger partial charge in [0.2, 0.25) is 5.91 Å². The van der Waals surface area contributed by atoms with Gasteiger partial charge in [0.05, 0.1) is 30.5 Å². The molecule has 1 amide bonds. The zero-order chi connectivity index (χ0) is 19.1. The third kappa shape index (κ3) is 6.14. The first-order valence-corrected chi connectivity index (χ1v) is 10.3. The van der Waals surface area contributed by atoms with Gasteiger partial charge in [-0.15, -0.1) is 11.3 Å². The standard InChI is InChI=1S/C19H24N2O3S2/c1-5-24-18(23)9-16-10-25-19(21-16)26-11-17(22)20-14(4)15-7-6-12(2)13(3)8-15/h6-8,10,14H,5,9,11H2,1-4H3,(H,20,22)/t14-/m1/s1. The van der Waals surface area contributed by atoms with Crippen molar-refractivity contribution in [1.29, 1.82) is 0 Å². The molecule has 1 atom stereocenters. The summed E-state index contributed by atoms with van der Waals surface area (Å²) >= 11 is 2.81. The highest BCUT2D eigenvalue weighted by atomic mass is 32.2. The summed E-state index contributed by atoms with van der Waals surface area (Å²) in [5.41, 5.74) is 4.23. The van der Waals surface area contributed by atoms with Crippen molar-refractivity contribution in [3.8, 4) is 0 Å². The van der Waals surface area contributed by atoms with E-state index in [2.05, 4.69) is 36.3 Å². The van der Waals surface area contributed by atoms with E-state index in [1.807, 2.05) is 18.4 Å². The van der Waals surface area contributed by atoms with Gasteiger partial charge in [-0.05, 0) is 44.4 Å². The lowest BCUT2D eigenvalue weighted by molar-refractivity contribution is -0.142. The maximum Gasteiger partial charge on any atom is 0.311 e. The Bertz CT molecular complexity index is 774. The van der Waals surface area contributed by atoms with Crippen molar-refractivity contribution in [1.82, 2.24) is 10.3 Å². The summed E-state index contributed by atoms with van der Waals surface area (Å²) in [7, 11) is 0. The number of thioether (sulfide) groups is 1. The molecule has 0 unspecified atom stereocenters. The van der Waals surface area contributed by atoms with Crippen molar-refractivity contribution in [3.05, 3.63) is 46.0 Å². The molecular weight excluding hydrogens is 368 g/mol. The van der Waals surface area contributed by atoms with Gasteiger partial charge in [0.25, 0.3) is 0 Å². The summed E-state index contributed by atoms with van der Waals surface area (Å²) in [5, 5.41) is 4.84. The molecule has 7 heteroatoms. The molecule has 1 aromatic carbocycles. The topological polar surface area (TPSA) is 68.3 Å². The van der Waals surface area contributed by atoms with E-state index in [0.717, 1.165) is 9.90 Å². The van der Waals surface area contributed by atoms with Crippen LogP contribution in [0.25, 0.3) is 0 Å². The molecule has 0 fully saturated rings. The largest absolute Gasteiger partial charge is 0.466 e. The smallest absolute Gasteiger partial charge is 0.311 e. The second kappa shape index (κ2) is 9.73. The van der Waals surface area contributed by atoms with Crippen LogP contribution in [0.5, 0.6) is 0 Å². The van der Waals surface area contributed by atoms with E-state index >= 15 is 0 Å². The van der Waals surface area contributed by atoms with Crippen LogP contribution in [0.15, 0.2) is 27.9 Å². The number of amides is 1. The third-order valence-electron chi connectivity index (χ3n) is 3.90. The maximum absolute atomic E-state index is 12.2. The number of hydrogen-bond acceptors (Lipinski definition) is 6. The summed E-state index contributed by atoms with van der Waals surface area (Å²) in [6.07, 6.45) is 0.168. The summed E-state index contributed by atoms with van der Waals surface area (Å²) in [4.78, 5) is 28.0. The Balaban J connectivity index is 1.82. The second-order valence-electron chi connectivity index (χ2n) is 6.01. The maximum atomic E-state index is 12.2. The number of carbonyl (C=O) groups is 2. The molecular formula is C19H24N2O3S2. The monoisotopic (exact) mass is 392 g/mol. The molecule has 0 aliphatic heterocycles. The average Bonchev–Trinajstić information content (AvgIpc) is 3.03. The number of hydrogen-bond donors (Lipinski definition) is 1. The number of nitrogens with zero attached hydrogens (tertiary/aromatic N) is 1. The van der Waals surface area contributed by atoms with E-state index in [1.165, 1.54) is 34.2 Å². The predicted molar refractivity (Wildman–Crippen MR) is 106 cm³/mol. The Labute approximate surface area is 162 Å². The first kappa shape index (κ1) is 20.5. The van der Waals surface area contributed by atoms with Crippen LogP contribution in [0.3, 0.4) is 0 Å². The average molecular weight is 393 g/mol. The number of aryl methyl sites for hydroxylation is 2. The van der Waals surface area contributed by atoms with Crippen molar-refractivity contribution in [2.24, 2.45) is 0 Å². The highest BCUT2D eigenvalue weighted by Gasteiger charge is 2.13. The fourth-order valence-electron chi connectivity index (χ4n) is 2.32. The number of ether oxygens (including phenoxy) is 1. The van der Waals surface area contributed by atoms with Crippen molar-refractivity contribution < 1.29 is 14.3 Å². The molecule has 0 saturated carbocycles. The van der Waals surface area contributed by atoms with Gasteiger partial charge in [0.15, 0.2) is 4.34 Å². The van der Waals surface area contributed by atoms with Crippen LogP contribution in [0.2, 0.25) is 0 Å². The van der Waals surface area contributed by atoms with Crippen molar-refractivity contribution in [2.45, 2.75) is 44.5 Å². The number of esters is 1. The Morgan fingerprint density at radius 3 is 2.77 bits per heavy atom. The summed E-state index contributed by atoms with van der Waals surface area (Å²) in [6.45, 7) is 8.26. The second-order valence-corrected chi connectivity index (χ2v) is 8.09. The number of nitrogens with one attached hydrogen (secondary N) is 1. The summed E-state index contributed by atoms with van der Waals surface area (Å²) in [6, 6.07) is 6.18. The van der Waals surface area contributed by atoms with Crippen LogP contribution in [0.1, 0.15) is 42.3 Å². The van der Waals surface area contributed by atoms with Gasteiger partial charge in [0.1, 0.15) is 0 Å². The van der Waals surface area contributed by atoms with E-state index in [9.17, 15) is 9.59 Å². The van der Waals surface area contributed by atoms with Crippen LogP contribution in [-0.4, -0.2) is 29.2 Å². The summed E-state index contributed by atoms with van der Waals surface area (Å²) in [5.74, 6) is -0.0289. The van der Waals surface area contributed by atoms with Gasteiger partial charge < -0.3 is 10.1 Å². The normalized spacial score (nSPS) is 11.8. The quantitative estimate of drug-likeness (QED) is 0.546. The van der Waals surface area contributed by atoms with Crippen molar-refractivity contribution in [3.63, 3.8) is 0 Å². The van der Waals surface area contributed by atoms with Crippen LogP contribution in [0.4, 0.5) is 0 Å². The molecule has 0 saturated heterocycles. The third-order valence-corrected chi connectivity index (χ3v) is 5.97. The number of carbonyl (C=O) groups excluding carboxylic acids is 2. The molecule has 0 spiro atoms. The number of thiazole rings is 1. The van der Waals surface area contributed by atoms with Gasteiger partial charge in [0, 0.05) is 5.38 Å². The molecule has 5 nitrogen and oxygen atoms in total. The first-order valence-electron chi connectivity index (χ1n) is 8.48. The fraction of sp³-hybridized carbons (Fsp3) is 0.421. The van der Waals surface area contributed by atoms with Gasteiger partial charge >= 0.3 is 5.97 Å². The van der Waals surface area contributed by atoms with Crippen LogP contribution in [0, 0.1) is 13.8 Å². The number of benzene rings is 1. The molecule has 2 rings (SSSR count). The lowest BCUT2D eigenvalue weighted by Crippen LogP contribution is -2.28. The van der Waals surface area contributed by atoms with Crippen LogP contribution >= 0.6 is 23.1 Å². The SMILES string of the molecule is CCOC(=O)Cc1csc(SCC(=O)N[C@H](C)c2ccc(C)c(C)c2)n1. The molecule has 140 valence electrons. The van der Waals surface area contributed by atoms with Crippen molar-refractivity contribution in [2.75, 3.05) is 12.4 Å². The molecule has 1 heterocycles. The molecule has 0 aliphatic carbocycles. The fourth-order valence-corrected chi connectivity index (χ4v) is 3.98. The minimum absolute atomic E-state index is 0.0390. The van der Waals surface area contributed by atoms with Gasteiger partial charge in [-0.1, -0.05) is 30.0 Å². The number of rotatable bonds is 8. The lowest BCUT2D eigenvalue weighted by atomic mass is 10.0. The Kier molecular flexibility index (Phi) is 7.66. The lowest BCUT2D eigenvalue weighted by Gasteiger charge is -2.15. The van der Waals surface area contributed by atoms with E-state index in [-0.39, 0.29) is 24.3 Å². The van der Waals surface area contributed by atoms with Gasteiger partial charge in [-0.3, -0.25) is 9.59 Å². The molecule has 2 aromatic rings. The highest BCUT2D eigenvalue weighted by Crippen LogP contribution is 2.23. The Morgan fingerprint density at radius 1 is 1.31 bits per heavy atom. The van der Waals surface area contributed by atoms with Crippen LogP contribution < -0.4 is 5.32 Å². The zero-order valence-corrected chi connectivity index (χ0v) is 17.1. The van der Waals surface area contributed by atoms with Crippen molar-refractivity contribution >= 4 is 35.0 Å². The Morgan fingerprint density at radius 2 is 2.08 bits per heavy atom. The van der Waals surface area contributed by atoms with Crippen LogP contribution in [-0.2, 0) is 20.7 Å². The van der Waals surface area contributed by atoms with E-state index < -0.39 is 0 Å². The van der Waals surface area contributed by atoms with Gasteiger partial charge in [-0.25, -0.2) is 4.98 Å². The molecule has 0 bridgehead atoms. The Hall–Kier alpha value is -1.86. The summed E-state index contributed by atoms with van der Waals surface area (Å²) < 4.78 is 5.69. The van der Waals surface area contributed by atoms with E-state index in [4.69, 9.17) is 4.74 Å². The first-order chi connectivity index (χ1) is 12.4. The zero-order valence-electron chi connectivity index (χ0n) is 15.5. The predicted octanol–water partition coefficient (Wildman–Crippen LogP) is 3.84. The molecule has 0 radical (unpaired) electrons. The molecule has 0 aliphatic rings. The van der Waals surface area contributed by atoms with E-state index in [1.54, 1.807) is 6.92 Å². The number of aromatic nitrogens is 1. The molecule has 1 aromatic heterocycles. The minimum Gasteiger partial charge on any atom is -0.466 e. The minimum atomic E-state index is -0.283. The van der Waals surface area contributed by atoms with Gasteiger partial charge in [-0.2, -0.15) is 0 Å². The molecule has 1 N–H and O–H groups in total. The van der Waals surface area contributed by atoms with E-state index in [0.29, 0.717) is 18.1 Å². The highest BCUT2D eigenvalue weighted by molar-refractivity contribution is 8.01. The molecule has 26 heavy (non-hydrogen) atoms.